The number of nitrogens with zero attached hydrogens (tertiary/aromatic N) is 4. The first-order chi connectivity index (χ1) is 20.1. The van der Waals surface area contributed by atoms with Gasteiger partial charge in [0, 0.05) is 30.1 Å². The van der Waals surface area contributed by atoms with E-state index in [0.717, 1.165) is 42.3 Å². The third kappa shape index (κ3) is 5.53. The van der Waals surface area contributed by atoms with Crippen molar-refractivity contribution in [3.8, 4) is 0 Å². The van der Waals surface area contributed by atoms with Crippen molar-refractivity contribution in [3.05, 3.63) is 132 Å². The largest absolute Gasteiger partial charge is 0.465 e. The smallest absolute Gasteiger partial charge is 0.150 e. The van der Waals surface area contributed by atoms with Gasteiger partial charge in [-0.3, -0.25) is 0 Å². The number of furan rings is 1. The highest BCUT2D eigenvalue weighted by atomic mass is 16.3. The molecule has 0 radical (unpaired) electrons. The van der Waals surface area contributed by atoms with Crippen molar-refractivity contribution in [2.45, 2.75) is 33.2 Å². The van der Waals surface area contributed by atoms with Gasteiger partial charge in [0.1, 0.15) is 11.6 Å². The molecule has 0 aliphatic carbocycles. The number of anilines is 2. The Labute approximate surface area is 242 Å². The van der Waals surface area contributed by atoms with Crippen LogP contribution in [0.3, 0.4) is 0 Å². The fourth-order valence-electron chi connectivity index (χ4n) is 5.88. The van der Waals surface area contributed by atoms with Crippen LogP contribution in [0, 0.1) is 12.8 Å². The number of pyridine rings is 1. The van der Waals surface area contributed by atoms with Crippen LogP contribution in [0.2, 0.25) is 0 Å². The predicted molar refractivity (Wildman–Crippen MR) is 171 cm³/mol. The maximum absolute atomic E-state index is 5.62. The Hall–Kier alpha value is -4.64. The van der Waals surface area contributed by atoms with E-state index in [1.807, 2.05) is 24.3 Å². The minimum absolute atomic E-state index is 0.0229. The molecule has 0 bridgehead atoms. The second-order valence-electron chi connectivity index (χ2n) is 10.5. The van der Waals surface area contributed by atoms with E-state index in [-0.39, 0.29) is 12.0 Å². The van der Waals surface area contributed by atoms with Gasteiger partial charge in [0.25, 0.3) is 0 Å². The van der Waals surface area contributed by atoms with Crippen LogP contribution in [0.1, 0.15) is 42.3 Å². The van der Waals surface area contributed by atoms with Gasteiger partial charge < -0.3 is 9.32 Å². The molecule has 5 aromatic rings. The summed E-state index contributed by atoms with van der Waals surface area (Å²) in [5.74, 6) is 1.78. The topological polar surface area (TPSA) is 44.9 Å². The molecule has 0 amide bonds. The number of hydrogen-bond acceptors (Lipinski definition) is 5. The Kier molecular flexibility index (Phi) is 7.68. The fourth-order valence-corrected chi connectivity index (χ4v) is 5.88. The van der Waals surface area contributed by atoms with Gasteiger partial charge in [-0.1, -0.05) is 60.7 Å². The third-order valence-corrected chi connectivity index (χ3v) is 8.02. The number of aryl methyl sites for hydroxylation is 1. The number of fused-ring (bicyclic) bond motifs is 1. The van der Waals surface area contributed by atoms with Crippen molar-refractivity contribution < 1.29 is 4.42 Å². The summed E-state index contributed by atoms with van der Waals surface area (Å²) >= 11 is 0. The molecule has 41 heavy (non-hydrogen) atoms. The average molecular weight is 541 g/mol. The summed E-state index contributed by atoms with van der Waals surface area (Å²) in [6.45, 7) is 8.51. The lowest BCUT2D eigenvalue weighted by atomic mass is 9.84. The molecule has 2 aromatic heterocycles. The first kappa shape index (κ1) is 26.6. The van der Waals surface area contributed by atoms with E-state index in [1.54, 1.807) is 6.26 Å². The standard InChI is InChI=1S/C36H36N4O/c1-4-39(5-2)29-19-17-28(18-20-29)36-32(25-27-12-7-6-8-13-27)34(22-21-30-14-11-23-41-30)38-40(36)35-24-26(3)31-15-9-10-16-33(31)37-35/h6-24,32,36H,4-5,25H2,1-3H3. The highest BCUT2D eigenvalue weighted by molar-refractivity contribution is 6.03. The number of rotatable bonds is 9. The maximum Gasteiger partial charge on any atom is 0.150 e. The van der Waals surface area contributed by atoms with E-state index in [2.05, 4.69) is 116 Å². The molecular formula is C36H36N4O. The molecule has 0 fully saturated rings. The third-order valence-electron chi connectivity index (χ3n) is 8.02. The molecule has 0 saturated carbocycles. The maximum atomic E-state index is 5.62. The van der Waals surface area contributed by atoms with Crippen molar-refractivity contribution in [1.29, 1.82) is 0 Å². The quantitative estimate of drug-likeness (QED) is 0.188. The van der Waals surface area contributed by atoms with E-state index in [1.165, 1.54) is 27.8 Å². The monoisotopic (exact) mass is 540 g/mol. The zero-order valence-electron chi connectivity index (χ0n) is 23.9. The van der Waals surface area contributed by atoms with Crippen LogP contribution in [0.5, 0.6) is 0 Å². The van der Waals surface area contributed by atoms with Gasteiger partial charge in [-0.2, -0.15) is 5.10 Å². The fraction of sp³-hybridized carbons (Fsp3) is 0.222. The minimum atomic E-state index is -0.0229. The molecular weight excluding hydrogens is 504 g/mol. The van der Waals surface area contributed by atoms with Crippen LogP contribution < -0.4 is 9.91 Å². The first-order valence-electron chi connectivity index (χ1n) is 14.5. The molecule has 1 aliphatic heterocycles. The lowest BCUT2D eigenvalue weighted by Gasteiger charge is -2.29. The lowest BCUT2D eigenvalue weighted by molar-refractivity contribution is 0.545. The van der Waals surface area contributed by atoms with Gasteiger partial charge in [-0.05, 0) is 92.4 Å². The molecule has 3 aromatic carbocycles. The molecule has 6 rings (SSSR count). The summed E-state index contributed by atoms with van der Waals surface area (Å²) in [5.41, 5.74) is 6.92. The second kappa shape index (κ2) is 11.8. The van der Waals surface area contributed by atoms with E-state index in [0.29, 0.717) is 0 Å². The normalized spacial score (nSPS) is 17.0. The second-order valence-corrected chi connectivity index (χ2v) is 10.5. The van der Waals surface area contributed by atoms with Gasteiger partial charge in [0.05, 0.1) is 23.5 Å². The summed E-state index contributed by atoms with van der Waals surface area (Å²) in [4.78, 5) is 7.49. The number of para-hydroxylation sites is 1. The Morgan fingerprint density at radius 3 is 2.34 bits per heavy atom. The molecule has 5 nitrogen and oxygen atoms in total. The van der Waals surface area contributed by atoms with Crippen LogP contribution in [-0.2, 0) is 6.42 Å². The van der Waals surface area contributed by atoms with E-state index < -0.39 is 0 Å². The summed E-state index contributed by atoms with van der Waals surface area (Å²) in [6.07, 6.45) is 6.68. The highest BCUT2D eigenvalue weighted by Crippen LogP contribution is 2.42. The minimum Gasteiger partial charge on any atom is -0.465 e. The SMILES string of the molecule is CCN(CC)c1ccc(C2C(Cc3ccccc3)C(C=Cc3ccco3)=NN2c2cc(C)c3ccccc3n2)cc1. The molecule has 206 valence electrons. The Morgan fingerprint density at radius 2 is 1.61 bits per heavy atom. The molecule has 2 atom stereocenters. The lowest BCUT2D eigenvalue weighted by Crippen LogP contribution is -2.28. The molecule has 5 heteroatoms. The molecule has 2 unspecified atom stereocenters. The highest BCUT2D eigenvalue weighted by Gasteiger charge is 2.39. The van der Waals surface area contributed by atoms with Crippen LogP contribution >= 0.6 is 0 Å². The summed E-state index contributed by atoms with van der Waals surface area (Å²) < 4.78 is 5.62. The van der Waals surface area contributed by atoms with Crippen molar-refractivity contribution in [2.75, 3.05) is 23.0 Å². The number of benzene rings is 3. The number of hydrazone groups is 1. The predicted octanol–water partition coefficient (Wildman–Crippen LogP) is 8.47. The zero-order valence-corrected chi connectivity index (χ0v) is 23.9. The molecule has 1 aliphatic rings. The van der Waals surface area contributed by atoms with Gasteiger partial charge in [-0.15, -0.1) is 0 Å². The van der Waals surface area contributed by atoms with Crippen molar-refractivity contribution in [1.82, 2.24) is 4.98 Å². The van der Waals surface area contributed by atoms with Crippen molar-refractivity contribution in [2.24, 2.45) is 11.0 Å². The van der Waals surface area contributed by atoms with Crippen LogP contribution in [0.4, 0.5) is 11.5 Å². The Balaban J connectivity index is 1.48. The number of allylic oxidation sites excluding steroid dienone is 1. The van der Waals surface area contributed by atoms with Gasteiger partial charge in [0.2, 0.25) is 0 Å². The van der Waals surface area contributed by atoms with Crippen molar-refractivity contribution in [3.63, 3.8) is 0 Å². The molecule has 0 saturated heterocycles. The van der Waals surface area contributed by atoms with E-state index >= 15 is 0 Å². The van der Waals surface area contributed by atoms with Gasteiger partial charge >= 0.3 is 0 Å². The van der Waals surface area contributed by atoms with Crippen LogP contribution in [-0.4, -0.2) is 23.8 Å². The molecule has 0 spiro atoms. The van der Waals surface area contributed by atoms with Gasteiger partial charge in [0.15, 0.2) is 0 Å². The van der Waals surface area contributed by atoms with E-state index in [4.69, 9.17) is 14.5 Å². The van der Waals surface area contributed by atoms with Crippen LogP contribution in [0.25, 0.3) is 17.0 Å². The first-order valence-corrected chi connectivity index (χ1v) is 14.5. The Morgan fingerprint density at radius 1 is 0.854 bits per heavy atom. The number of aromatic nitrogens is 1. The summed E-state index contributed by atoms with van der Waals surface area (Å²) in [5, 5.41) is 8.58. The average Bonchev–Trinajstić information content (AvgIpc) is 3.66. The summed E-state index contributed by atoms with van der Waals surface area (Å²) in [7, 11) is 0. The van der Waals surface area contributed by atoms with Crippen molar-refractivity contribution >= 4 is 34.2 Å². The molecule has 3 heterocycles. The van der Waals surface area contributed by atoms with Crippen LogP contribution in [0.15, 0.2) is 119 Å². The number of hydrogen-bond donors (Lipinski definition) is 0. The summed E-state index contributed by atoms with van der Waals surface area (Å²) in [6, 6.07) is 34.1. The van der Waals surface area contributed by atoms with E-state index in [9.17, 15) is 0 Å². The Bertz CT molecular complexity index is 1650. The molecule has 0 N–H and O–H groups in total. The zero-order chi connectivity index (χ0) is 28.2. The van der Waals surface area contributed by atoms with Gasteiger partial charge in [-0.25, -0.2) is 9.99 Å².